The number of hydrogen-bond donors (Lipinski definition) is 2. The third-order valence-corrected chi connectivity index (χ3v) is 5.65. The van der Waals surface area contributed by atoms with Gasteiger partial charge in [-0.1, -0.05) is 57.2 Å². The number of aliphatic hydroxyl groups excluding tert-OH is 1. The van der Waals surface area contributed by atoms with Crippen molar-refractivity contribution in [2.75, 3.05) is 11.5 Å². The number of thioether (sulfide) groups is 1. The number of thiophene rings is 1. The van der Waals surface area contributed by atoms with Crippen molar-refractivity contribution in [3.05, 3.63) is 58.3 Å². The van der Waals surface area contributed by atoms with Crippen LogP contribution in [0.1, 0.15) is 43.4 Å². The van der Waals surface area contributed by atoms with E-state index in [2.05, 4.69) is 32.2 Å². The zero-order valence-corrected chi connectivity index (χ0v) is 16.0. The summed E-state index contributed by atoms with van der Waals surface area (Å²) >= 11 is 3.12. The summed E-state index contributed by atoms with van der Waals surface area (Å²) in [6.07, 6.45) is -0.542. The number of carbonyl (C=O) groups is 1. The number of hydrogen-bond acceptors (Lipinski definition) is 4. The first-order valence-corrected chi connectivity index (χ1v) is 10.0. The normalized spacial score (nSPS) is 14.2. The van der Waals surface area contributed by atoms with Crippen molar-refractivity contribution >= 4 is 29.0 Å². The van der Waals surface area contributed by atoms with Crippen LogP contribution in [0, 0.1) is 5.41 Å². The van der Waals surface area contributed by atoms with Gasteiger partial charge in [0.1, 0.15) is 0 Å². The number of nitrogens with one attached hydrogen (secondary N) is 1. The molecule has 3 nitrogen and oxygen atoms in total. The van der Waals surface area contributed by atoms with Crippen LogP contribution in [0.15, 0.2) is 47.8 Å². The Bertz CT molecular complexity index is 621. The van der Waals surface area contributed by atoms with Gasteiger partial charge in [-0.25, -0.2) is 0 Å². The first-order chi connectivity index (χ1) is 11.4. The molecular weight excluding hydrogens is 338 g/mol. The monoisotopic (exact) mass is 363 g/mol. The van der Waals surface area contributed by atoms with Gasteiger partial charge in [-0.3, -0.25) is 4.79 Å². The Hall–Kier alpha value is -1.30. The molecule has 2 rings (SSSR count). The highest BCUT2D eigenvalue weighted by atomic mass is 32.2. The second-order valence-corrected chi connectivity index (χ2v) is 8.83. The molecule has 0 aliphatic rings. The largest absolute Gasteiger partial charge is 0.388 e. The molecule has 24 heavy (non-hydrogen) atoms. The fourth-order valence-corrected chi connectivity index (χ4v) is 4.23. The first kappa shape index (κ1) is 19.0. The molecule has 0 radical (unpaired) electrons. The minimum Gasteiger partial charge on any atom is -0.388 e. The summed E-state index contributed by atoms with van der Waals surface area (Å²) in [6, 6.07) is 13.6. The minimum atomic E-state index is -0.542. The highest BCUT2D eigenvalue weighted by Gasteiger charge is 2.28. The van der Waals surface area contributed by atoms with Crippen LogP contribution in [0.3, 0.4) is 0 Å². The van der Waals surface area contributed by atoms with Crippen molar-refractivity contribution in [1.29, 1.82) is 0 Å². The second kappa shape index (κ2) is 8.70. The molecule has 130 valence electrons. The Morgan fingerprint density at radius 3 is 2.50 bits per heavy atom. The number of carbonyl (C=O) groups excluding carboxylic acids is 1. The van der Waals surface area contributed by atoms with E-state index in [1.165, 1.54) is 16.6 Å². The number of rotatable bonds is 7. The molecule has 2 atom stereocenters. The molecule has 2 N–H and O–H groups in total. The van der Waals surface area contributed by atoms with Crippen molar-refractivity contribution in [3.8, 4) is 0 Å². The lowest BCUT2D eigenvalue weighted by Gasteiger charge is -2.30. The molecule has 1 aromatic heterocycles. The third kappa shape index (κ3) is 5.65. The molecule has 5 heteroatoms. The van der Waals surface area contributed by atoms with E-state index in [1.807, 2.05) is 41.8 Å². The van der Waals surface area contributed by atoms with Crippen molar-refractivity contribution in [2.24, 2.45) is 5.41 Å². The van der Waals surface area contributed by atoms with Crippen LogP contribution >= 0.6 is 23.1 Å². The second-order valence-electron chi connectivity index (χ2n) is 6.82. The molecule has 0 spiro atoms. The van der Waals surface area contributed by atoms with Crippen LogP contribution in [0.2, 0.25) is 0 Å². The molecule has 2 unspecified atom stereocenters. The van der Waals surface area contributed by atoms with E-state index < -0.39 is 6.10 Å². The topological polar surface area (TPSA) is 49.3 Å². The Morgan fingerprint density at radius 1 is 1.21 bits per heavy atom. The molecule has 1 aromatic carbocycles. The summed E-state index contributed by atoms with van der Waals surface area (Å²) in [6.45, 7) is 6.39. The summed E-state index contributed by atoms with van der Waals surface area (Å²) in [5.41, 5.74) is 0.839. The van der Waals surface area contributed by atoms with Crippen LogP contribution in [0.4, 0.5) is 0 Å². The maximum Gasteiger partial charge on any atom is 0.230 e. The van der Waals surface area contributed by atoms with Crippen molar-refractivity contribution < 1.29 is 9.90 Å². The smallest absolute Gasteiger partial charge is 0.230 e. The Morgan fingerprint density at radius 2 is 1.92 bits per heavy atom. The van der Waals surface area contributed by atoms with E-state index in [-0.39, 0.29) is 17.4 Å². The molecular formula is C19H25NO2S2. The van der Waals surface area contributed by atoms with Gasteiger partial charge in [-0.15, -0.1) is 23.1 Å². The Balaban J connectivity index is 1.84. The van der Waals surface area contributed by atoms with Gasteiger partial charge in [0.15, 0.2) is 0 Å². The van der Waals surface area contributed by atoms with Crippen molar-refractivity contribution in [3.63, 3.8) is 0 Å². The van der Waals surface area contributed by atoms with E-state index in [1.54, 1.807) is 11.3 Å². The van der Waals surface area contributed by atoms with E-state index in [0.29, 0.717) is 11.5 Å². The average Bonchev–Trinajstić information content (AvgIpc) is 3.06. The van der Waals surface area contributed by atoms with Gasteiger partial charge in [0.25, 0.3) is 0 Å². The molecule has 0 fully saturated rings. The van der Waals surface area contributed by atoms with Gasteiger partial charge in [0.05, 0.1) is 17.9 Å². The van der Waals surface area contributed by atoms with Crippen LogP contribution in [-0.4, -0.2) is 22.5 Å². The zero-order valence-electron chi connectivity index (χ0n) is 14.4. The van der Waals surface area contributed by atoms with Gasteiger partial charge in [0, 0.05) is 10.6 Å². The van der Waals surface area contributed by atoms with E-state index in [0.717, 1.165) is 5.56 Å². The Labute approximate surface area is 152 Å². The predicted octanol–water partition coefficient (Wildman–Crippen LogP) is 4.42. The standard InChI is InChI=1S/C19H25NO2S2/c1-19(2,3)18(16-10-7-11-24-16)20-17(22)13-23-12-15(21)14-8-5-4-6-9-14/h4-11,15,18,21H,12-13H2,1-3H3,(H,20,22). The van der Waals surface area contributed by atoms with Crippen LogP contribution in [0.25, 0.3) is 0 Å². The van der Waals surface area contributed by atoms with Crippen LogP contribution in [-0.2, 0) is 4.79 Å². The summed E-state index contributed by atoms with van der Waals surface area (Å²) in [5, 5.41) is 15.3. The summed E-state index contributed by atoms with van der Waals surface area (Å²) < 4.78 is 0. The predicted molar refractivity (Wildman–Crippen MR) is 103 cm³/mol. The van der Waals surface area contributed by atoms with Crippen LogP contribution < -0.4 is 5.32 Å². The number of amides is 1. The quantitative estimate of drug-likeness (QED) is 0.766. The molecule has 0 saturated carbocycles. The molecule has 0 aliphatic heterocycles. The van der Waals surface area contributed by atoms with E-state index >= 15 is 0 Å². The molecule has 1 amide bonds. The van der Waals surface area contributed by atoms with Gasteiger partial charge in [-0.2, -0.15) is 0 Å². The first-order valence-electron chi connectivity index (χ1n) is 8.01. The molecule has 1 heterocycles. The fourth-order valence-electron chi connectivity index (χ4n) is 2.41. The molecule has 0 aliphatic carbocycles. The number of benzene rings is 1. The Kier molecular flexibility index (Phi) is 6.90. The summed E-state index contributed by atoms with van der Waals surface area (Å²) in [7, 11) is 0. The lowest BCUT2D eigenvalue weighted by molar-refractivity contribution is -0.120. The molecule has 0 bridgehead atoms. The van der Waals surface area contributed by atoms with Crippen molar-refractivity contribution in [1.82, 2.24) is 5.32 Å². The lowest BCUT2D eigenvalue weighted by atomic mass is 9.86. The van der Waals surface area contributed by atoms with Crippen molar-refractivity contribution in [2.45, 2.75) is 32.9 Å². The maximum atomic E-state index is 12.3. The van der Waals surface area contributed by atoms with Crippen LogP contribution in [0.5, 0.6) is 0 Å². The van der Waals surface area contributed by atoms with Gasteiger partial charge in [-0.05, 0) is 22.4 Å². The van der Waals surface area contributed by atoms with E-state index in [9.17, 15) is 9.90 Å². The highest BCUT2D eigenvalue weighted by molar-refractivity contribution is 7.99. The average molecular weight is 364 g/mol. The van der Waals surface area contributed by atoms with Gasteiger partial charge >= 0.3 is 0 Å². The third-order valence-electron chi connectivity index (χ3n) is 3.69. The van der Waals surface area contributed by atoms with E-state index in [4.69, 9.17) is 0 Å². The minimum absolute atomic E-state index is 0.00430. The lowest BCUT2D eigenvalue weighted by Crippen LogP contribution is -2.37. The zero-order chi connectivity index (χ0) is 17.6. The fraction of sp³-hybridized carbons (Fsp3) is 0.421. The highest BCUT2D eigenvalue weighted by Crippen LogP contribution is 2.35. The molecule has 2 aromatic rings. The maximum absolute atomic E-state index is 12.3. The number of aliphatic hydroxyl groups is 1. The summed E-state index contributed by atoms with van der Waals surface area (Å²) in [4.78, 5) is 13.5. The SMILES string of the molecule is CC(C)(C)C(NC(=O)CSCC(O)c1ccccc1)c1cccs1. The summed E-state index contributed by atoms with van der Waals surface area (Å²) in [5.74, 6) is 0.868. The van der Waals surface area contributed by atoms with Gasteiger partial charge < -0.3 is 10.4 Å². The van der Waals surface area contributed by atoms with Gasteiger partial charge in [0.2, 0.25) is 5.91 Å². The molecule has 0 saturated heterocycles.